The van der Waals surface area contributed by atoms with E-state index in [9.17, 15) is 0 Å². The minimum Gasteiger partial charge on any atom is -0.369 e. The predicted octanol–water partition coefficient (Wildman–Crippen LogP) is 3.33. The molecule has 0 atom stereocenters. The van der Waals surface area contributed by atoms with E-state index in [1.807, 2.05) is 11.8 Å². The molecule has 0 saturated heterocycles. The third-order valence-electron chi connectivity index (χ3n) is 2.08. The van der Waals surface area contributed by atoms with Crippen molar-refractivity contribution in [1.29, 1.82) is 0 Å². The molecule has 1 aromatic rings. The van der Waals surface area contributed by atoms with Gasteiger partial charge in [0.15, 0.2) is 0 Å². The van der Waals surface area contributed by atoms with Gasteiger partial charge in [-0.1, -0.05) is 13.8 Å². The van der Waals surface area contributed by atoms with E-state index in [4.69, 9.17) is 0 Å². The molecule has 0 aliphatic heterocycles. The standard InChI is InChI=1S/C11H18IN3S/c1-4-8-10(12)11(13-5-2)15-9(14-8)7-16-6-3/h4-7H2,1-3H3,(H,13,14,15). The minimum atomic E-state index is 0.899. The lowest BCUT2D eigenvalue weighted by Gasteiger charge is -2.10. The lowest BCUT2D eigenvalue weighted by atomic mass is 10.3. The van der Waals surface area contributed by atoms with Crippen LogP contribution in [-0.4, -0.2) is 22.3 Å². The zero-order valence-corrected chi connectivity index (χ0v) is 13.0. The van der Waals surface area contributed by atoms with Gasteiger partial charge in [-0.2, -0.15) is 11.8 Å². The number of hydrogen-bond acceptors (Lipinski definition) is 4. The van der Waals surface area contributed by atoms with Crippen molar-refractivity contribution in [3.05, 3.63) is 15.1 Å². The van der Waals surface area contributed by atoms with Gasteiger partial charge in [0.1, 0.15) is 11.6 Å². The van der Waals surface area contributed by atoms with Crippen LogP contribution in [0.1, 0.15) is 32.3 Å². The summed E-state index contributed by atoms with van der Waals surface area (Å²) in [6.07, 6.45) is 0.961. The quantitative estimate of drug-likeness (QED) is 0.798. The number of thioether (sulfide) groups is 1. The summed E-state index contributed by atoms with van der Waals surface area (Å²) in [5, 5.41) is 3.30. The fourth-order valence-corrected chi connectivity index (χ4v) is 2.65. The first-order valence-electron chi connectivity index (χ1n) is 5.59. The van der Waals surface area contributed by atoms with Crippen molar-refractivity contribution < 1.29 is 0 Å². The van der Waals surface area contributed by atoms with Crippen molar-refractivity contribution in [2.45, 2.75) is 32.9 Å². The molecule has 0 amide bonds. The zero-order chi connectivity index (χ0) is 12.0. The normalized spacial score (nSPS) is 10.5. The van der Waals surface area contributed by atoms with Gasteiger partial charge in [-0.3, -0.25) is 0 Å². The van der Waals surface area contributed by atoms with Gasteiger partial charge in [-0.25, -0.2) is 9.97 Å². The van der Waals surface area contributed by atoms with Crippen molar-refractivity contribution >= 4 is 40.2 Å². The Balaban J connectivity index is 2.97. The van der Waals surface area contributed by atoms with Crippen LogP contribution in [-0.2, 0) is 12.2 Å². The summed E-state index contributed by atoms with van der Waals surface area (Å²) in [5.74, 6) is 3.94. The maximum atomic E-state index is 4.59. The third kappa shape index (κ3) is 3.76. The van der Waals surface area contributed by atoms with Crippen LogP contribution in [0.5, 0.6) is 0 Å². The van der Waals surface area contributed by atoms with E-state index in [-0.39, 0.29) is 0 Å². The maximum Gasteiger partial charge on any atom is 0.143 e. The van der Waals surface area contributed by atoms with E-state index in [2.05, 4.69) is 58.6 Å². The molecule has 5 heteroatoms. The summed E-state index contributed by atoms with van der Waals surface area (Å²) < 4.78 is 1.16. The van der Waals surface area contributed by atoms with Crippen molar-refractivity contribution in [3.63, 3.8) is 0 Å². The lowest BCUT2D eigenvalue weighted by molar-refractivity contribution is 0.923. The summed E-state index contributed by atoms with van der Waals surface area (Å²) >= 11 is 4.18. The molecule has 1 rings (SSSR count). The lowest BCUT2D eigenvalue weighted by Crippen LogP contribution is -2.09. The summed E-state index contributed by atoms with van der Waals surface area (Å²) in [5.41, 5.74) is 1.15. The molecule has 1 heterocycles. The predicted molar refractivity (Wildman–Crippen MR) is 80.1 cm³/mol. The van der Waals surface area contributed by atoms with Gasteiger partial charge in [0.2, 0.25) is 0 Å². The number of hydrogen-bond donors (Lipinski definition) is 1. The van der Waals surface area contributed by atoms with E-state index < -0.39 is 0 Å². The second-order valence-electron chi connectivity index (χ2n) is 3.27. The molecular formula is C11H18IN3S. The summed E-state index contributed by atoms with van der Waals surface area (Å²) in [6.45, 7) is 7.28. The van der Waals surface area contributed by atoms with Gasteiger partial charge in [-0.15, -0.1) is 0 Å². The van der Waals surface area contributed by atoms with Gasteiger partial charge in [-0.05, 0) is 41.7 Å². The number of nitrogens with zero attached hydrogens (tertiary/aromatic N) is 2. The van der Waals surface area contributed by atoms with E-state index in [0.717, 1.165) is 45.4 Å². The van der Waals surface area contributed by atoms with Gasteiger partial charge in [0.25, 0.3) is 0 Å². The molecule has 0 fully saturated rings. The Morgan fingerprint density at radius 2 is 2.00 bits per heavy atom. The summed E-state index contributed by atoms with van der Waals surface area (Å²) in [4.78, 5) is 9.15. The Bertz CT molecular complexity index is 344. The Kier molecular flexibility index (Phi) is 6.41. The minimum absolute atomic E-state index is 0.899. The van der Waals surface area contributed by atoms with Gasteiger partial charge >= 0.3 is 0 Å². The highest BCUT2D eigenvalue weighted by molar-refractivity contribution is 14.1. The van der Waals surface area contributed by atoms with Crippen LogP contribution in [0.15, 0.2) is 0 Å². The van der Waals surface area contributed by atoms with E-state index in [1.54, 1.807) is 0 Å². The maximum absolute atomic E-state index is 4.59. The Morgan fingerprint density at radius 3 is 2.56 bits per heavy atom. The monoisotopic (exact) mass is 351 g/mol. The van der Waals surface area contributed by atoms with Crippen molar-refractivity contribution in [2.75, 3.05) is 17.6 Å². The topological polar surface area (TPSA) is 37.8 Å². The summed E-state index contributed by atoms with van der Waals surface area (Å²) in [7, 11) is 0. The molecule has 16 heavy (non-hydrogen) atoms. The van der Waals surface area contributed by atoms with Crippen LogP contribution in [0.4, 0.5) is 5.82 Å². The second-order valence-corrected chi connectivity index (χ2v) is 5.62. The molecule has 0 aliphatic carbocycles. The Hall–Kier alpha value is -0.0400. The fourth-order valence-electron chi connectivity index (χ4n) is 1.32. The van der Waals surface area contributed by atoms with Crippen molar-refractivity contribution in [1.82, 2.24) is 9.97 Å². The highest BCUT2D eigenvalue weighted by atomic mass is 127. The smallest absolute Gasteiger partial charge is 0.143 e. The van der Waals surface area contributed by atoms with Crippen LogP contribution < -0.4 is 5.32 Å². The number of halogens is 1. The molecular weight excluding hydrogens is 333 g/mol. The number of aromatic nitrogens is 2. The molecule has 0 saturated carbocycles. The molecule has 0 bridgehead atoms. The van der Waals surface area contributed by atoms with Gasteiger partial charge in [0.05, 0.1) is 15.0 Å². The molecule has 0 radical (unpaired) electrons. The van der Waals surface area contributed by atoms with Crippen LogP contribution in [0.2, 0.25) is 0 Å². The number of rotatable bonds is 6. The Labute approximate surface area is 115 Å². The molecule has 0 aliphatic rings. The van der Waals surface area contributed by atoms with Crippen LogP contribution in [0.25, 0.3) is 0 Å². The van der Waals surface area contributed by atoms with Crippen LogP contribution in [0.3, 0.4) is 0 Å². The first-order chi connectivity index (χ1) is 7.72. The SMILES string of the molecule is CCNc1nc(CSCC)nc(CC)c1I. The average molecular weight is 351 g/mol. The van der Waals surface area contributed by atoms with E-state index >= 15 is 0 Å². The molecule has 3 nitrogen and oxygen atoms in total. The van der Waals surface area contributed by atoms with Crippen molar-refractivity contribution in [2.24, 2.45) is 0 Å². The fraction of sp³-hybridized carbons (Fsp3) is 0.636. The number of aryl methyl sites for hydroxylation is 1. The molecule has 1 aromatic heterocycles. The zero-order valence-electron chi connectivity index (χ0n) is 10.0. The highest BCUT2D eigenvalue weighted by Crippen LogP contribution is 2.21. The average Bonchev–Trinajstić information content (AvgIpc) is 2.30. The second kappa shape index (κ2) is 7.32. The first kappa shape index (κ1) is 14.0. The molecule has 0 unspecified atom stereocenters. The van der Waals surface area contributed by atoms with E-state index in [1.165, 1.54) is 0 Å². The van der Waals surface area contributed by atoms with Crippen LogP contribution >= 0.6 is 34.4 Å². The molecule has 0 spiro atoms. The van der Waals surface area contributed by atoms with E-state index in [0.29, 0.717) is 0 Å². The molecule has 90 valence electrons. The molecule has 1 N–H and O–H groups in total. The van der Waals surface area contributed by atoms with Gasteiger partial charge in [0, 0.05) is 6.54 Å². The highest BCUT2D eigenvalue weighted by Gasteiger charge is 2.10. The largest absolute Gasteiger partial charge is 0.369 e. The Morgan fingerprint density at radius 1 is 1.25 bits per heavy atom. The van der Waals surface area contributed by atoms with Crippen molar-refractivity contribution in [3.8, 4) is 0 Å². The van der Waals surface area contributed by atoms with Crippen LogP contribution in [0, 0.1) is 3.57 Å². The number of anilines is 1. The first-order valence-corrected chi connectivity index (χ1v) is 7.83. The third-order valence-corrected chi connectivity index (χ3v) is 4.08. The summed E-state index contributed by atoms with van der Waals surface area (Å²) in [6, 6.07) is 0. The van der Waals surface area contributed by atoms with Gasteiger partial charge < -0.3 is 5.32 Å². The molecule has 0 aromatic carbocycles. The number of nitrogens with one attached hydrogen (secondary N) is 1.